The Bertz CT molecular complexity index is 289. The van der Waals surface area contributed by atoms with Gasteiger partial charge >= 0.3 is 0 Å². The van der Waals surface area contributed by atoms with Gasteiger partial charge in [0.25, 0.3) is 0 Å². The predicted molar refractivity (Wildman–Crippen MR) is 56.8 cm³/mol. The fraction of sp³-hybridized carbons (Fsp3) is 0.583. The molecule has 0 unspecified atom stereocenters. The topological polar surface area (TPSA) is 22.1 Å². The highest BCUT2D eigenvalue weighted by molar-refractivity contribution is 5.35. The van der Waals surface area contributed by atoms with Crippen molar-refractivity contribution in [3.05, 3.63) is 22.9 Å². The SMILES string of the molecule is CCc1cc2c(nc1CC)OCCC2. The van der Waals surface area contributed by atoms with Crippen LogP contribution in [0.15, 0.2) is 6.07 Å². The van der Waals surface area contributed by atoms with Crippen LogP contribution < -0.4 is 4.74 Å². The molecule has 0 fully saturated rings. The van der Waals surface area contributed by atoms with Crippen LogP contribution in [0.1, 0.15) is 37.1 Å². The van der Waals surface area contributed by atoms with Crippen LogP contribution in [0, 0.1) is 0 Å². The predicted octanol–water partition coefficient (Wildman–Crippen LogP) is 2.53. The van der Waals surface area contributed by atoms with Crippen LogP contribution in [-0.4, -0.2) is 11.6 Å². The normalized spacial score (nSPS) is 14.7. The molecule has 0 saturated heterocycles. The first-order valence-corrected chi connectivity index (χ1v) is 5.49. The standard InChI is InChI=1S/C12H17NO/c1-3-9-8-10-6-5-7-14-12(10)13-11(9)4-2/h8H,3-7H2,1-2H3. The Morgan fingerprint density at radius 2 is 2.21 bits per heavy atom. The van der Waals surface area contributed by atoms with E-state index < -0.39 is 0 Å². The van der Waals surface area contributed by atoms with Gasteiger partial charge in [-0.05, 0) is 37.3 Å². The Kier molecular flexibility index (Phi) is 2.71. The van der Waals surface area contributed by atoms with E-state index in [0.717, 1.165) is 38.2 Å². The molecule has 0 aliphatic carbocycles. The van der Waals surface area contributed by atoms with Crippen molar-refractivity contribution in [2.75, 3.05) is 6.61 Å². The van der Waals surface area contributed by atoms with Gasteiger partial charge in [-0.25, -0.2) is 4.98 Å². The van der Waals surface area contributed by atoms with Gasteiger partial charge < -0.3 is 4.74 Å². The molecule has 0 bridgehead atoms. The smallest absolute Gasteiger partial charge is 0.216 e. The molecular formula is C12H17NO. The zero-order chi connectivity index (χ0) is 9.97. The Labute approximate surface area is 85.3 Å². The monoisotopic (exact) mass is 191 g/mol. The summed E-state index contributed by atoms with van der Waals surface area (Å²) in [5.74, 6) is 0.880. The molecule has 2 rings (SSSR count). The number of pyridine rings is 1. The third kappa shape index (κ3) is 1.61. The number of ether oxygens (including phenoxy) is 1. The van der Waals surface area contributed by atoms with Crippen LogP contribution in [0.25, 0.3) is 0 Å². The van der Waals surface area contributed by atoms with Crippen LogP contribution in [0.5, 0.6) is 5.88 Å². The van der Waals surface area contributed by atoms with Crippen LogP contribution in [0.2, 0.25) is 0 Å². The lowest BCUT2D eigenvalue weighted by molar-refractivity contribution is 0.275. The fourth-order valence-corrected chi connectivity index (χ4v) is 1.97. The average Bonchev–Trinajstić information content (AvgIpc) is 2.27. The van der Waals surface area contributed by atoms with Crippen molar-refractivity contribution < 1.29 is 4.74 Å². The van der Waals surface area contributed by atoms with E-state index in [9.17, 15) is 0 Å². The zero-order valence-electron chi connectivity index (χ0n) is 8.97. The lowest BCUT2D eigenvalue weighted by Crippen LogP contribution is -2.12. The Morgan fingerprint density at radius 1 is 1.36 bits per heavy atom. The lowest BCUT2D eigenvalue weighted by atomic mass is 10.0. The van der Waals surface area contributed by atoms with Crippen molar-refractivity contribution in [3.63, 3.8) is 0 Å². The van der Waals surface area contributed by atoms with Gasteiger partial charge in [0.2, 0.25) is 5.88 Å². The molecule has 2 heteroatoms. The van der Waals surface area contributed by atoms with E-state index in [1.54, 1.807) is 0 Å². The fourth-order valence-electron chi connectivity index (χ4n) is 1.97. The van der Waals surface area contributed by atoms with Crippen LogP contribution >= 0.6 is 0 Å². The quantitative estimate of drug-likeness (QED) is 0.716. The molecule has 1 aliphatic rings. The molecule has 0 saturated carbocycles. The lowest BCUT2D eigenvalue weighted by Gasteiger charge is -2.18. The summed E-state index contributed by atoms with van der Waals surface area (Å²) < 4.78 is 5.55. The van der Waals surface area contributed by atoms with Crippen molar-refractivity contribution >= 4 is 0 Å². The van der Waals surface area contributed by atoms with E-state index in [2.05, 4.69) is 24.9 Å². The summed E-state index contributed by atoms with van der Waals surface area (Å²) >= 11 is 0. The number of rotatable bonds is 2. The molecule has 0 atom stereocenters. The Hall–Kier alpha value is -1.05. The maximum absolute atomic E-state index is 5.55. The molecule has 1 aromatic heterocycles. The summed E-state index contributed by atoms with van der Waals surface area (Å²) in [5, 5.41) is 0. The molecule has 2 nitrogen and oxygen atoms in total. The summed E-state index contributed by atoms with van der Waals surface area (Å²) in [6.07, 6.45) is 4.33. The Balaban J connectivity index is 2.43. The highest BCUT2D eigenvalue weighted by atomic mass is 16.5. The van der Waals surface area contributed by atoms with Gasteiger partial charge in [-0.3, -0.25) is 0 Å². The third-order valence-electron chi connectivity index (χ3n) is 2.78. The number of fused-ring (bicyclic) bond motifs is 1. The van der Waals surface area contributed by atoms with Crippen LogP contribution in [0.3, 0.4) is 0 Å². The second kappa shape index (κ2) is 3.99. The number of nitrogens with zero attached hydrogens (tertiary/aromatic N) is 1. The first-order valence-electron chi connectivity index (χ1n) is 5.49. The van der Waals surface area contributed by atoms with Crippen molar-refractivity contribution in [1.29, 1.82) is 0 Å². The molecule has 0 aromatic carbocycles. The van der Waals surface area contributed by atoms with Gasteiger partial charge in [0, 0.05) is 11.3 Å². The number of aromatic nitrogens is 1. The highest BCUT2D eigenvalue weighted by Crippen LogP contribution is 2.25. The summed E-state index contributed by atoms with van der Waals surface area (Å²) in [7, 11) is 0. The average molecular weight is 191 g/mol. The summed E-state index contributed by atoms with van der Waals surface area (Å²) in [6.45, 7) is 5.16. The highest BCUT2D eigenvalue weighted by Gasteiger charge is 2.14. The maximum atomic E-state index is 5.55. The number of hydrogen-bond donors (Lipinski definition) is 0. The second-order valence-electron chi connectivity index (χ2n) is 3.72. The molecule has 0 amide bonds. The van der Waals surface area contributed by atoms with Crippen molar-refractivity contribution in [3.8, 4) is 5.88 Å². The van der Waals surface area contributed by atoms with Crippen LogP contribution in [0.4, 0.5) is 0 Å². The summed E-state index contributed by atoms with van der Waals surface area (Å²) in [4.78, 5) is 4.58. The van der Waals surface area contributed by atoms with E-state index in [1.165, 1.54) is 16.8 Å². The van der Waals surface area contributed by atoms with E-state index in [1.807, 2.05) is 0 Å². The molecule has 0 spiro atoms. The minimum atomic E-state index is 0.828. The molecule has 1 aromatic rings. The Morgan fingerprint density at radius 3 is 2.93 bits per heavy atom. The van der Waals surface area contributed by atoms with Gasteiger partial charge in [0.05, 0.1) is 6.61 Å². The van der Waals surface area contributed by atoms with Gasteiger partial charge in [0.1, 0.15) is 0 Å². The summed E-state index contributed by atoms with van der Waals surface area (Å²) in [6, 6.07) is 2.28. The van der Waals surface area contributed by atoms with Gasteiger partial charge in [-0.15, -0.1) is 0 Å². The van der Waals surface area contributed by atoms with Gasteiger partial charge in [-0.2, -0.15) is 0 Å². The first kappa shape index (κ1) is 9.50. The third-order valence-corrected chi connectivity index (χ3v) is 2.78. The molecule has 14 heavy (non-hydrogen) atoms. The molecule has 2 heterocycles. The minimum absolute atomic E-state index is 0.828. The van der Waals surface area contributed by atoms with Gasteiger partial charge in [-0.1, -0.05) is 13.8 Å². The largest absolute Gasteiger partial charge is 0.477 e. The maximum Gasteiger partial charge on any atom is 0.216 e. The molecule has 1 aliphatic heterocycles. The van der Waals surface area contributed by atoms with Crippen molar-refractivity contribution in [2.45, 2.75) is 39.5 Å². The summed E-state index contributed by atoms with van der Waals surface area (Å²) in [5.41, 5.74) is 3.88. The second-order valence-corrected chi connectivity index (χ2v) is 3.72. The van der Waals surface area contributed by atoms with Crippen molar-refractivity contribution in [2.24, 2.45) is 0 Å². The number of aryl methyl sites for hydroxylation is 3. The zero-order valence-corrected chi connectivity index (χ0v) is 8.97. The molecule has 0 N–H and O–H groups in total. The molecule has 76 valence electrons. The van der Waals surface area contributed by atoms with E-state index in [0.29, 0.717) is 0 Å². The molecule has 0 radical (unpaired) electrons. The van der Waals surface area contributed by atoms with E-state index >= 15 is 0 Å². The minimum Gasteiger partial charge on any atom is -0.477 e. The van der Waals surface area contributed by atoms with Gasteiger partial charge in [0.15, 0.2) is 0 Å². The van der Waals surface area contributed by atoms with E-state index in [4.69, 9.17) is 4.74 Å². The first-order chi connectivity index (χ1) is 6.85. The van der Waals surface area contributed by atoms with Crippen molar-refractivity contribution in [1.82, 2.24) is 4.98 Å². The van der Waals surface area contributed by atoms with E-state index in [-0.39, 0.29) is 0 Å². The number of hydrogen-bond acceptors (Lipinski definition) is 2. The van der Waals surface area contributed by atoms with Crippen LogP contribution in [-0.2, 0) is 19.3 Å². The molecular weight excluding hydrogens is 174 g/mol.